The number of nitrogens with one attached hydrogen (secondary N) is 2. The van der Waals surface area contributed by atoms with Gasteiger partial charge in [0.15, 0.2) is 5.96 Å². The van der Waals surface area contributed by atoms with E-state index in [1.807, 2.05) is 12.1 Å². The van der Waals surface area contributed by atoms with Crippen molar-refractivity contribution < 1.29 is 9.59 Å². The summed E-state index contributed by atoms with van der Waals surface area (Å²) in [5.74, 6) is 2.46. The van der Waals surface area contributed by atoms with Crippen LogP contribution in [0.4, 0.5) is 5.69 Å². The topological polar surface area (TPSA) is 77.0 Å². The number of nitrogens with zero attached hydrogens (tertiary/aromatic N) is 3. The van der Waals surface area contributed by atoms with Gasteiger partial charge in [0.05, 0.1) is 17.2 Å². The van der Waals surface area contributed by atoms with Crippen molar-refractivity contribution in [1.82, 2.24) is 15.1 Å². The highest BCUT2D eigenvalue weighted by Crippen LogP contribution is 2.61. The van der Waals surface area contributed by atoms with Crippen molar-refractivity contribution >= 4 is 23.5 Å². The van der Waals surface area contributed by atoms with Crippen molar-refractivity contribution in [3.05, 3.63) is 64.2 Å². The molecule has 2 aromatic carbocycles. The second-order valence-corrected chi connectivity index (χ2v) is 13.6. The quantitative estimate of drug-likeness (QED) is 0.299. The Balaban J connectivity index is 1.22. The number of imide groups is 1. The SMILES string of the molecule is Cc1ccc(CCN2C(=O)c3ccc(NC(=N[C@H]4C[C@@H]5C[C@@H]([C@H]4C)C5(C)C)N4CCN[C@@H](C)C4)cc3C2=O)c(C)c1. The van der Waals surface area contributed by atoms with Crippen LogP contribution in [0.5, 0.6) is 0 Å². The van der Waals surface area contributed by atoms with Gasteiger partial charge in [0.25, 0.3) is 11.8 Å². The predicted octanol–water partition coefficient (Wildman–Crippen LogP) is 5.27. The van der Waals surface area contributed by atoms with Crippen molar-refractivity contribution in [2.24, 2.45) is 28.2 Å². The Morgan fingerprint density at radius 2 is 1.83 bits per heavy atom. The minimum Gasteiger partial charge on any atom is -0.340 e. The fourth-order valence-corrected chi connectivity index (χ4v) is 7.83. The lowest BCUT2D eigenvalue weighted by Crippen LogP contribution is -2.57. The zero-order valence-electron chi connectivity index (χ0n) is 25.5. The molecule has 0 spiro atoms. The van der Waals surface area contributed by atoms with Gasteiger partial charge in [-0.1, -0.05) is 44.5 Å². The van der Waals surface area contributed by atoms with Crippen molar-refractivity contribution in [1.29, 1.82) is 0 Å². The zero-order chi connectivity index (χ0) is 29.1. The van der Waals surface area contributed by atoms with Crippen molar-refractivity contribution in [2.75, 3.05) is 31.5 Å². The number of guanidine groups is 1. The summed E-state index contributed by atoms with van der Waals surface area (Å²) >= 11 is 0. The highest BCUT2D eigenvalue weighted by Gasteiger charge is 2.56. The maximum atomic E-state index is 13.4. The van der Waals surface area contributed by atoms with Crippen molar-refractivity contribution in [3.63, 3.8) is 0 Å². The minimum absolute atomic E-state index is 0.205. The third-order valence-corrected chi connectivity index (χ3v) is 10.6. The molecule has 2 heterocycles. The van der Waals surface area contributed by atoms with E-state index in [2.05, 4.69) is 75.3 Å². The third kappa shape index (κ3) is 5.07. The van der Waals surface area contributed by atoms with Crippen LogP contribution in [0, 0.1) is 37.0 Å². The smallest absolute Gasteiger partial charge is 0.261 e. The van der Waals surface area contributed by atoms with Crippen LogP contribution in [0.3, 0.4) is 0 Å². The summed E-state index contributed by atoms with van der Waals surface area (Å²) in [7, 11) is 0. The molecule has 2 amide bonds. The Morgan fingerprint density at radius 1 is 1.05 bits per heavy atom. The summed E-state index contributed by atoms with van der Waals surface area (Å²) in [6.07, 6.45) is 3.11. The summed E-state index contributed by atoms with van der Waals surface area (Å²) in [5.41, 5.74) is 5.75. The summed E-state index contributed by atoms with van der Waals surface area (Å²) in [6, 6.07) is 12.6. The van der Waals surface area contributed by atoms with Gasteiger partial charge in [0.1, 0.15) is 0 Å². The molecule has 2 aliphatic heterocycles. The normalized spacial score (nSPS) is 28.9. The van der Waals surface area contributed by atoms with E-state index in [4.69, 9.17) is 4.99 Å². The molecule has 3 saturated carbocycles. The highest BCUT2D eigenvalue weighted by molar-refractivity contribution is 6.22. The number of aliphatic imine (C=N–C) groups is 1. The van der Waals surface area contributed by atoms with E-state index in [9.17, 15) is 9.59 Å². The first-order valence-corrected chi connectivity index (χ1v) is 15.4. The van der Waals surface area contributed by atoms with Gasteiger partial charge in [0.2, 0.25) is 0 Å². The first kappa shape index (κ1) is 28.0. The number of carbonyl (C=O) groups is 2. The first-order chi connectivity index (χ1) is 19.5. The first-order valence-electron chi connectivity index (χ1n) is 15.4. The molecule has 0 radical (unpaired) electrons. The molecule has 0 aromatic heterocycles. The van der Waals surface area contributed by atoms with E-state index in [0.717, 1.165) is 49.5 Å². The molecule has 3 aliphatic carbocycles. The molecule has 218 valence electrons. The number of carbonyl (C=O) groups excluding carboxylic acids is 2. The van der Waals surface area contributed by atoms with Crippen molar-refractivity contribution in [3.8, 4) is 0 Å². The largest absolute Gasteiger partial charge is 0.340 e. The Hall–Kier alpha value is -3.19. The van der Waals surface area contributed by atoms with E-state index < -0.39 is 0 Å². The Kier molecular flexibility index (Phi) is 7.21. The molecule has 2 bridgehead atoms. The molecule has 1 saturated heterocycles. The average Bonchev–Trinajstić information content (AvgIpc) is 3.17. The molecule has 41 heavy (non-hydrogen) atoms. The molecule has 0 unspecified atom stereocenters. The van der Waals surface area contributed by atoms with E-state index in [0.29, 0.717) is 41.5 Å². The fourth-order valence-electron chi connectivity index (χ4n) is 7.83. The van der Waals surface area contributed by atoms with Crippen LogP contribution in [-0.4, -0.2) is 65.8 Å². The number of aryl methyl sites for hydroxylation is 2. The van der Waals surface area contributed by atoms with E-state index in [1.165, 1.54) is 28.0 Å². The highest BCUT2D eigenvalue weighted by atomic mass is 16.2. The standard InChI is InChI=1S/C34H45N5O2/c1-20-7-8-24(21(2)15-20)11-13-39-31(40)27-10-9-26(18-28(27)32(39)41)36-33(38-14-12-35-22(3)19-38)37-30-17-25-16-29(23(30)4)34(25,5)6/h7-10,15,18,22-23,25,29-30,35H,11-14,16-17,19H2,1-6H3,(H,36,37)/t22-,23+,25-,29-,30-/m0/s1. The van der Waals surface area contributed by atoms with E-state index in [-0.39, 0.29) is 17.9 Å². The maximum Gasteiger partial charge on any atom is 0.261 e. The molecule has 5 atom stereocenters. The molecular weight excluding hydrogens is 510 g/mol. The number of anilines is 1. The number of piperazine rings is 1. The maximum absolute atomic E-state index is 13.4. The number of hydrogen-bond donors (Lipinski definition) is 2. The van der Waals surface area contributed by atoms with Crippen LogP contribution in [0.15, 0.2) is 41.4 Å². The average molecular weight is 556 g/mol. The summed E-state index contributed by atoms with van der Waals surface area (Å²) < 4.78 is 0. The lowest BCUT2D eigenvalue weighted by molar-refractivity contribution is -0.108. The van der Waals surface area contributed by atoms with Crippen LogP contribution in [-0.2, 0) is 6.42 Å². The van der Waals surface area contributed by atoms with E-state index >= 15 is 0 Å². The molecule has 2 aromatic rings. The molecule has 7 nitrogen and oxygen atoms in total. The molecular formula is C34H45N5O2. The molecule has 5 aliphatic rings. The number of fused-ring (bicyclic) bond motifs is 3. The Morgan fingerprint density at radius 3 is 2.54 bits per heavy atom. The summed E-state index contributed by atoms with van der Waals surface area (Å²) in [4.78, 5) is 35.8. The van der Waals surface area contributed by atoms with Gasteiger partial charge >= 0.3 is 0 Å². The van der Waals surface area contributed by atoms with E-state index in [1.54, 1.807) is 6.07 Å². The van der Waals surface area contributed by atoms with Gasteiger partial charge < -0.3 is 15.5 Å². The Labute approximate surface area is 244 Å². The monoisotopic (exact) mass is 555 g/mol. The summed E-state index contributed by atoms with van der Waals surface area (Å²) in [6.45, 7) is 16.6. The van der Waals surface area contributed by atoms with Gasteiger partial charge in [-0.05, 0) is 92.5 Å². The number of rotatable bonds is 5. The third-order valence-electron chi connectivity index (χ3n) is 10.6. The van der Waals surface area contributed by atoms with Crippen LogP contribution in [0.1, 0.15) is 77.9 Å². The van der Waals surface area contributed by atoms with Crippen LogP contribution < -0.4 is 10.6 Å². The lowest BCUT2D eigenvalue weighted by Gasteiger charge is -2.61. The van der Waals surface area contributed by atoms with Crippen LogP contribution in [0.25, 0.3) is 0 Å². The molecule has 7 rings (SSSR count). The number of amides is 2. The zero-order valence-corrected chi connectivity index (χ0v) is 25.5. The summed E-state index contributed by atoms with van der Waals surface area (Å²) in [5, 5.41) is 7.14. The van der Waals surface area contributed by atoms with Crippen LogP contribution in [0.2, 0.25) is 0 Å². The van der Waals surface area contributed by atoms with Gasteiger partial charge in [-0.25, -0.2) is 4.99 Å². The van der Waals surface area contributed by atoms with Gasteiger partial charge in [-0.2, -0.15) is 0 Å². The number of hydrogen-bond acceptors (Lipinski definition) is 4. The molecule has 4 fully saturated rings. The molecule has 7 heteroatoms. The number of benzene rings is 2. The van der Waals surface area contributed by atoms with Crippen molar-refractivity contribution in [2.45, 2.75) is 72.9 Å². The second kappa shape index (κ2) is 10.6. The van der Waals surface area contributed by atoms with Crippen LogP contribution >= 0.6 is 0 Å². The molecule has 2 N–H and O–H groups in total. The van der Waals surface area contributed by atoms with Gasteiger partial charge in [0, 0.05) is 37.9 Å². The predicted molar refractivity (Wildman–Crippen MR) is 164 cm³/mol. The second-order valence-electron chi connectivity index (χ2n) is 13.6. The minimum atomic E-state index is -0.212. The van der Waals surface area contributed by atoms with Gasteiger partial charge in [-0.15, -0.1) is 0 Å². The van der Waals surface area contributed by atoms with Gasteiger partial charge in [-0.3, -0.25) is 14.5 Å². The Bertz CT molecular complexity index is 1400. The fraction of sp³-hybridized carbons (Fsp3) is 0.559. The lowest BCUT2D eigenvalue weighted by atomic mass is 9.45.